The summed E-state index contributed by atoms with van der Waals surface area (Å²) >= 11 is 1.70. The van der Waals surface area contributed by atoms with Gasteiger partial charge in [-0.05, 0) is 37.1 Å². The highest BCUT2D eigenvalue weighted by Gasteiger charge is 2.34. The number of rotatable bonds is 5. The molecule has 3 unspecified atom stereocenters. The van der Waals surface area contributed by atoms with Crippen LogP contribution in [-0.4, -0.2) is 36.1 Å². The van der Waals surface area contributed by atoms with Crippen LogP contribution in [-0.2, 0) is 16.1 Å². The van der Waals surface area contributed by atoms with Crippen LogP contribution in [0.1, 0.15) is 37.0 Å². The lowest BCUT2D eigenvalue weighted by molar-refractivity contribution is -0.138. The monoisotopic (exact) mass is 308 g/mol. The van der Waals surface area contributed by atoms with Crippen molar-refractivity contribution < 1.29 is 9.53 Å². The Kier molecular flexibility index (Phi) is 4.93. The van der Waals surface area contributed by atoms with Gasteiger partial charge in [-0.25, -0.2) is 0 Å². The molecule has 0 bridgehead atoms. The number of carbonyl (C=O) groups excluding carboxylic acids is 1. The van der Waals surface area contributed by atoms with E-state index in [-0.39, 0.29) is 24.0 Å². The molecule has 1 aromatic rings. The van der Waals surface area contributed by atoms with Crippen LogP contribution in [0, 0.1) is 5.92 Å². The average molecular weight is 308 g/mol. The Morgan fingerprint density at radius 2 is 2.29 bits per heavy atom. The summed E-state index contributed by atoms with van der Waals surface area (Å²) < 4.78 is 5.72. The Balaban J connectivity index is 1.69. The topological polar surface area (TPSA) is 55.6 Å². The third-order valence-corrected chi connectivity index (χ3v) is 5.43. The largest absolute Gasteiger partial charge is 0.376 e. The number of hydrogen-bond acceptors (Lipinski definition) is 4. The van der Waals surface area contributed by atoms with Gasteiger partial charge in [0.25, 0.3) is 0 Å². The molecule has 1 saturated heterocycles. The van der Waals surface area contributed by atoms with Crippen molar-refractivity contribution in [3.8, 4) is 0 Å². The minimum absolute atomic E-state index is 0.00589. The van der Waals surface area contributed by atoms with Crippen LogP contribution in [0.2, 0.25) is 0 Å². The van der Waals surface area contributed by atoms with E-state index in [2.05, 4.69) is 11.4 Å². The summed E-state index contributed by atoms with van der Waals surface area (Å²) in [5.74, 6) is 0.232. The zero-order valence-corrected chi connectivity index (χ0v) is 13.2. The zero-order valence-electron chi connectivity index (χ0n) is 12.4. The van der Waals surface area contributed by atoms with Gasteiger partial charge in [0.05, 0.1) is 18.6 Å². The highest BCUT2D eigenvalue weighted by Crippen LogP contribution is 2.27. The first-order valence-corrected chi connectivity index (χ1v) is 8.80. The summed E-state index contributed by atoms with van der Waals surface area (Å²) in [5.41, 5.74) is 6.12. The minimum Gasteiger partial charge on any atom is -0.376 e. The first kappa shape index (κ1) is 15.0. The SMILES string of the molecule is NC1CCCC1C(=O)N(Cc1cccs1)CC1CCCO1. The van der Waals surface area contributed by atoms with Crippen LogP contribution in [0.5, 0.6) is 0 Å². The molecule has 5 heteroatoms. The molecule has 4 nitrogen and oxygen atoms in total. The summed E-state index contributed by atoms with van der Waals surface area (Å²) in [4.78, 5) is 16.1. The fraction of sp³-hybridized carbons (Fsp3) is 0.688. The second kappa shape index (κ2) is 6.90. The average Bonchev–Trinajstić information content (AvgIpc) is 3.19. The number of thiophene rings is 1. The molecule has 2 aliphatic rings. The van der Waals surface area contributed by atoms with Gasteiger partial charge in [-0.15, -0.1) is 11.3 Å². The van der Waals surface area contributed by atoms with Gasteiger partial charge in [0, 0.05) is 24.1 Å². The van der Waals surface area contributed by atoms with E-state index in [4.69, 9.17) is 10.5 Å². The molecule has 0 radical (unpaired) electrons. The Morgan fingerprint density at radius 1 is 1.38 bits per heavy atom. The maximum absolute atomic E-state index is 12.9. The fourth-order valence-electron chi connectivity index (χ4n) is 3.39. The van der Waals surface area contributed by atoms with E-state index in [9.17, 15) is 4.79 Å². The van der Waals surface area contributed by atoms with Crippen molar-refractivity contribution in [1.82, 2.24) is 4.90 Å². The van der Waals surface area contributed by atoms with Crippen molar-refractivity contribution >= 4 is 17.2 Å². The van der Waals surface area contributed by atoms with Gasteiger partial charge in [-0.1, -0.05) is 12.5 Å². The Hall–Kier alpha value is -0.910. The number of amides is 1. The van der Waals surface area contributed by atoms with Gasteiger partial charge in [0.2, 0.25) is 5.91 Å². The molecular weight excluding hydrogens is 284 g/mol. The van der Waals surface area contributed by atoms with E-state index in [0.29, 0.717) is 13.1 Å². The van der Waals surface area contributed by atoms with Crippen LogP contribution in [0.4, 0.5) is 0 Å². The van der Waals surface area contributed by atoms with Crippen molar-refractivity contribution in [2.45, 2.75) is 50.8 Å². The first-order chi connectivity index (χ1) is 10.2. The molecule has 1 aromatic heterocycles. The number of nitrogens with two attached hydrogens (primary N) is 1. The molecule has 1 amide bonds. The van der Waals surface area contributed by atoms with E-state index >= 15 is 0 Å². The standard InChI is InChI=1S/C16H24N2O2S/c17-15-7-1-6-14(15)16(19)18(10-12-4-2-8-20-12)11-13-5-3-9-21-13/h3,5,9,12,14-15H,1-2,4,6-8,10-11,17H2. The van der Waals surface area contributed by atoms with Crippen molar-refractivity contribution in [2.24, 2.45) is 11.7 Å². The normalized spacial score (nSPS) is 28.9. The first-order valence-electron chi connectivity index (χ1n) is 7.92. The van der Waals surface area contributed by atoms with Crippen LogP contribution in [0.3, 0.4) is 0 Å². The lowest BCUT2D eigenvalue weighted by atomic mass is 10.0. The van der Waals surface area contributed by atoms with Crippen LogP contribution in [0.25, 0.3) is 0 Å². The number of ether oxygens (including phenoxy) is 1. The van der Waals surface area contributed by atoms with Crippen LogP contribution >= 0.6 is 11.3 Å². The van der Waals surface area contributed by atoms with E-state index < -0.39 is 0 Å². The van der Waals surface area contributed by atoms with Gasteiger partial charge in [-0.3, -0.25) is 4.79 Å². The summed E-state index contributed by atoms with van der Waals surface area (Å²) in [6, 6.07) is 4.17. The maximum Gasteiger partial charge on any atom is 0.227 e. The van der Waals surface area contributed by atoms with Gasteiger partial charge >= 0.3 is 0 Å². The molecule has 0 aromatic carbocycles. The second-order valence-electron chi connectivity index (χ2n) is 6.13. The van der Waals surface area contributed by atoms with Crippen LogP contribution < -0.4 is 5.73 Å². The summed E-state index contributed by atoms with van der Waals surface area (Å²) in [6.07, 6.45) is 5.35. The van der Waals surface area contributed by atoms with Gasteiger partial charge in [0.1, 0.15) is 0 Å². The molecule has 2 fully saturated rings. The predicted octanol–water partition coefficient (Wildman–Crippen LogP) is 2.38. The third kappa shape index (κ3) is 3.65. The van der Waals surface area contributed by atoms with Crippen molar-refractivity contribution in [3.63, 3.8) is 0 Å². The fourth-order valence-corrected chi connectivity index (χ4v) is 4.11. The van der Waals surface area contributed by atoms with E-state index in [1.165, 1.54) is 4.88 Å². The van der Waals surface area contributed by atoms with Crippen LogP contribution in [0.15, 0.2) is 17.5 Å². The molecule has 1 saturated carbocycles. The van der Waals surface area contributed by atoms with E-state index in [0.717, 1.165) is 38.7 Å². The van der Waals surface area contributed by atoms with E-state index in [1.807, 2.05) is 11.0 Å². The highest BCUT2D eigenvalue weighted by molar-refractivity contribution is 7.09. The molecular formula is C16H24N2O2S. The minimum atomic E-state index is 0.00589. The molecule has 3 atom stereocenters. The third-order valence-electron chi connectivity index (χ3n) is 4.57. The van der Waals surface area contributed by atoms with Gasteiger partial charge in [0.15, 0.2) is 0 Å². The molecule has 0 spiro atoms. The predicted molar refractivity (Wildman–Crippen MR) is 84.0 cm³/mol. The number of hydrogen-bond donors (Lipinski definition) is 1. The smallest absolute Gasteiger partial charge is 0.227 e. The quantitative estimate of drug-likeness (QED) is 0.908. The Labute approximate surface area is 130 Å². The lowest BCUT2D eigenvalue weighted by Crippen LogP contribution is -2.44. The number of nitrogens with zero attached hydrogens (tertiary/aromatic N) is 1. The lowest BCUT2D eigenvalue weighted by Gasteiger charge is -2.29. The summed E-state index contributed by atoms with van der Waals surface area (Å²) in [6.45, 7) is 2.23. The maximum atomic E-state index is 12.9. The molecule has 1 aliphatic heterocycles. The molecule has 1 aliphatic carbocycles. The highest BCUT2D eigenvalue weighted by atomic mass is 32.1. The Bertz CT molecular complexity index is 457. The zero-order chi connectivity index (χ0) is 14.7. The van der Waals surface area contributed by atoms with Crippen molar-refractivity contribution in [3.05, 3.63) is 22.4 Å². The second-order valence-corrected chi connectivity index (χ2v) is 7.17. The van der Waals surface area contributed by atoms with E-state index in [1.54, 1.807) is 11.3 Å². The molecule has 116 valence electrons. The number of carbonyl (C=O) groups is 1. The molecule has 21 heavy (non-hydrogen) atoms. The molecule has 3 rings (SSSR count). The summed E-state index contributed by atoms with van der Waals surface area (Å²) in [5, 5.41) is 2.06. The van der Waals surface area contributed by atoms with Gasteiger partial charge < -0.3 is 15.4 Å². The van der Waals surface area contributed by atoms with Crippen molar-refractivity contribution in [2.75, 3.05) is 13.2 Å². The molecule has 2 heterocycles. The Morgan fingerprint density at radius 3 is 2.90 bits per heavy atom. The van der Waals surface area contributed by atoms with Crippen molar-refractivity contribution in [1.29, 1.82) is 0 Å². The summed E-state index contributed by atoms with van der Waals surface area (Å²) in [7, 11) is 0. The van der Waals surface area contributed by atoms with Gasteiger partial charge in [-0.2, -0.15) is 0 Å². The molecule has 2 N–H and O–H groups in total.